The molecule has 16 heavy (non-hydrogen) atoms. The van der Waals surface area contributed by atoms with Gasteiger partial charge in [-0.15, -0.1) is 5.10 Å². The van der Waals surface area contributed by atoms with Gasteiger partial charge in [0, 0.05) is 5.92 Å². The molecular weight excluding hydrogens is 334 g/mol. The van der Waals surface area contributed by atoms with Gasteiger partial charge in [0.05, 0.1) is 6.54 Å². The Bertz CT molecular complexity index is 467. The standard InChI is InChI=1S/C11H11Br2N3/c1-8(9-5-3-2-4-6-9)7-16-11(13)14-10(12)15-16/h2-6,8H,7H2,1H3/t8-/m0/s1. The van der Waals surface area contributed by atoms with Crippen LogP contribution in [0.2, 0.25) is 0 Å². The molecule has 5 heteroatoms. The molecule has 2 rings (SSSR count). The van der Waals surface area contributed by atoms with E-state index in [1.165, 1.54) is 5.56 Å². The summed E-state index contributed by atoms with van der Waals surface area (Å²) >= 11 is 6.63. The summed E-state index contributed by atoms with van der Waals surface area (Å²) in [5.41, 5.74) is 1.31. The SMILES string of the molecule is C[C@@H](Cn1nc(Br)nc1Br)c1ccccc1. The van der Waals surface area contributed by atoms with Gasteiger partial charge in [-0.25, -0.2) is 4.68 Å². The highest BCUT2D eigenvalue weighted by molar-refractivity contribution is 9.11. The summed E-state index contributed by atoms with van der Waals surface area (Å²) < 4.78 is 3.21. The van der Waals surface area contributed by atoms with E-state index in [-0.39, 0.29) is 0 Å². The van der Waals surface area contributed by atoms with Crippen LogP contribution in [0.25, 0.3) is 0 Å². The van der Waals surface area contributed by atoms with Gasteiger partial charge >= 0.3 is 0 Å². The summed E-state index contributed by atoms with van der Waals surface area (Å²) in [6, 6.07) is 10.4. The molecule has 0 bridgehead atoms. The van der Waals surface area contributed by atoms with Crippen molar-refractivity contribution in [1.82, 2.24) is 14.8 Å². The number of hydrogen-bond acceptors (Lipinski definition) is 2. The maximum absolute atomic E-state index is 4.25. The highest BCUT2D eigenvalue weighted by Gasteiger charge is 2.10. The summed E-state index contributed by atoms with van der Waals surface area (Å²) in [5, 5.41) is 4.25. The molecule has 0 aliphatic heterocycles. The third-order valence-electron chi connectivity index (χ3n) is 2.42. The second kappa shape index (κ2) is 5.10. The van der Waals surface area contributed by atoms with Crippen molar-refractivity contribution in [2.24, 2.45) is 0 Å². The van der Waals surface area contributed by atoms with Crippen LogP contribution in [0.5, 0.6) is 0 Å². The molecule has 3 nitrogen and oxygen atoms in total. The highest BCUT2D eigenvalue weighted by Crippen LogP contribution is 2.19. The lowest BCUT2D eigenvalue weighted by Gasteiger charge is -2.11. The molecule has 0 fully saturated rings. The van der Waals surface area contributed by atoms with Gasteiger partial charge in [0.15, 0.2) is 4.73 Å². The molecule has 1 aromatic carbocycles. The molecule has 0 unspecified atom stereocenters. The number of rotatable bonds is 3. The summed E-state index contributed by atoms with van der Waals surface area (Å²) in [7, 11) is 0. The largest absolute Gasteiger partial charge is 0.239 e. The number of aromatic nitrogens is 3. The topological polar surface area (TPSA) is 30.7 Å². The van der Waals surface area contributed by atoms with Gasteiger partial charge in [-0.05, 0) is 37.4 Å². The van der Waals surface area contributed by atoms with Gasteiger partial charge in [0.25, 0.3) is 0 Å². The average Bonchev–Trinajstić information content (AvgIpc) is 2.59. The number of benzene rings is 1. The summed E-state index contributed by atoms with van der Waals surface area (Å²) in [4.78, 5) is 4.14. The van der Waals surface area contributed by atoms with Crippen LogP contribution in [0, 0.1) is 0 Å². The summed E-state index contributed by atoms with van der Waals surface area (Å²) in [6.07, 6.45) is 0. The molecule has 84 valence electrons. The minimum Gasteiger partial charge on any atom is -0.239 e. The van der Waals surface area contributed by atoms with Gasteiger partial charge in [0.2, 0.25) is 4.73 Å². The van der Waals surface area contributed by atoms with Crippen molar-refractivity contribution in [1.29, 1.82) is 0 Å². The predicted molar refractivity (Wildman–Crippen MR) is 70.3 cm³/mol. The van der Waals surface area contributed by atoms with E-state index in [1.54, 1.807) is 0 Å². The molecule has 1 aromatic heterocycles. The second-order valence-electron chi connectivity index (χ2n) is 3.64. The number of halogens is 2. The summed E-state index contributed by atoms with van der Waals surface area (Å²) in [6.45, 7) is 2.99. The van der Waals surface area contributed by atoms with Gasteiger partial charge in [-0.2, -0.15) is 4.98 Å². The Kier molecular flexibility index (Phi) is 3.76. The third kappa shape index (κ3) is 2.71. The quantitative estimate of drug-likeness (QED) is 0.851. The Hall–Kier alpha value is -0.680. The molecule has 0 spiro atoms. The maximum atomic E-state index is 4.25. The Morgan fingerprint density at radius 3 is 2.50 bits per heavy atom. The molecule has 0 aliphatic rings. The molecule has 2 aromatic rings. The van der Waals surface area contributed by atoms with Gasteiger partial charge in [-0.1, -0.05) is 37.3 Å². The first-order valence-electron chi connectivity index (χ1n) is 4.97. The van der Waals surface area contributed by atoms with Crippen LogP contribution in [-0.2, 0) is 6.54 Å². The Morgan fingerprint density at radius 2 is 1.94 bits per heavy atom. The van der Waals surface area contributed by atoms with E-state index < -0.39 is 0 Å². The van der Waals surface area contributed by atoms with E-state index in [2.05, 4.69) is 73.1 Å². The molecule has 0 radical (unpaired) electrons. The fourth-order valence-corrected chi connectivity index (χ4v) is 2.55. The molecule has 0 saturated carbocycles. The Morgan fingerprint density at radius 1 is 1.25 bits per heavy atom. The van der Waals surface area contributed by atoms with E-state index in [1.807, 2.05) is 10.7 Å². The van der Waals surface area contributed by atoms with Crippen molar-refractivity contribution in [3.8, 4) is 0 Å². The fraction of sp³-hybridized carbons (Fsp3) is 0.273. The van der Waals surface area contributed by atoms with Crippen LogP contribution in [-0.4, -0.2) is 14.8 Å². The first-order chi connectivity index (χ1) is 7.66. The predicted octanol–water partition coefficient (Wildman–Crippen LogP) is 3.61. The smallest absolute Gasteiger partial charge is 0.218 e. The molecule has 1 heterocycles. The van der Waals surface area contributed by atoms with E-state index in [0.29, 0.717) is 10.7 Å². The molecule has 1 atom stereocenters. The van der Waals surface area contributed by atoms with E-state index in [4.69, 9.17) is 0 Å². The fourth-order valence-electron chi connectivity index (χ4n) is 1.56. The molecule has 0 N–H and O–H groups in total. The lowest BCUT2D eigenvalue weighted by atomic mass is 10.0. The molecular formula is C11H11Br2N3. The van der Waals surface area contributed by atoms with Crippen LogP contribution in [0.3, 0.4) is 0 Å². The van der Waals surface area contributed by atoms with Crippen LogP contribution >= 0.6 is 31.9 Å². The van der Waals surface area contributed by atoms with Crippen molar-refractivity contribution in [3.63, 3.8) is 0 Å². The van der Waals surface area contributed by atoms with Crippen LogP contribution < -0.4 is 0 Å². The first kappa shape index (κ1) is 11.8. The Balaban J connectivity index is 2.14. The van der Waals surface area contributed by atoms with E-state index in [0.717, 1.165) is 11.3 Å². The minimum atomic E-state index is 0.408. The zero-order valence-electron chi connectivity index (χ0n) is 8.77. The zero-order valence-corrected chi connectivity index (χ0v) is 11.9. The highest BCUT2D eigenvalue weighted by atomic mass is 79.9. The van der Waals surface area contributed by atoms with Crippen molar-refractivity contribution in [2.45, 2.75) is 19.4 Å². The van der Waals surface area contributed by atoms with Gasteiger partial charge < -0.3 is 0 Å². The van der Waals surface area contributed by atoms with Gasteiger partial charge in [-0.3, -0.25) is 0 Å². The normalized spacial score (nSPS) is 12.7. The summed E-state index contributed by atoms with van der Waals surface area (Å²) in [5.74, 6) is 0.408. The maximum Gasteiger partial charge on any atom is 0.218 e. The monoisotopic (exact) mass is 343 g/mol. The van der Waals surface area contributed by atoms with Crippen molar-refractivity contribution >= 4 is 31.9 Å². The van der Waals surface area contributed by atoms with Crippen LogP contribution in [0.15, 0.2) is 39.8 Å². The zero-order chi connectivity index (χ0) is 11.5. The number of nitrogens with zero attached hydrogens (tertiary/aromatic N) is 3. The van der Waals surface area contributed by atoms with E-state index in [9.17, 15) is 0 Å². The number of hydrogen-bond donors (Lipinski definition) is 0. The minimum absolute atomic E-state index is 0.408. The van der Waals surface area contributed by atoms with E-state index >= 15 is 0 Å². The second-order valence-corrected chi connectivity index (χ2v) is 5.06. The van der Waals surface area contributed by atoms with Crippen molar-refractivity contribution in [2.75, 3.05) is 0 Å². The average molecular weight is 345 g/mol. The molecule has 0 saturated heterocycles. The molecule has 0 amide bonds. The van der Waals surface area contributed by atoms with Crippen molar-refractivity contribution in [3.05, 3.63) is 45.4 Å². The lowest BCUT2D eigenvalue weighted by Crippen LogP contribution is -2.08. The molecule has 0 aliphatic carbocycles. The van der Waals surface area contributed by atoms with Crippen molar-refractivity contribution < 1.29 is 0 Å². The lowest BCUT2D eigenvalue weighted by molar-refractivity contribution is 0.530. The van der Waals surface area contributed by atoms with Crippen LogP contribution in [0.4, 0.5) is 0 Å². The first-order valence-corrected chi connectivity index (χ1v) is 6.56. The van der Waals surface area contributed by atoms with Crippen LogP contribution in [0.1, 0.15) is 18.4 Å². The Labute approximate surface area is 111 Å². The third-order valence-corrected chi connectivity index (χ3v) is 3.34. The van der Waals surface area contributed by atoms with Gasteiger partial charge in [0.1, 0.15) is 0 Å².